The quantitative estimate of drug-likeness (QED) is 0.441. The van der Waals surface area contributed by atoms with Gasteiger partial charge in [0.05, 0.1) is 18.7 Å². The predicted octanol–water partition coefficient (Wildman–Crippen LogP) is 4.39. The molecule has 0 saturated heterocycles. The van der Waals surface area contributed by atoms with Crippen molar-refractivity contribution in [1.82, 2.24) is 0 Å². The molecule has 0 N–H and O–H groups in total. The van der Waals surface area contributed by atoms with Gasteiger partial charge < -0.3 is 9.57 Å². The largest absolute Gasteiger partial charge is 0.466 e. The SMILES string of the molecule is CCOC(=O)Cc1ccc(Cl)cc1/C(C)=N\Oc1ccc(F)cc1. The van der Waals surface area contributed by atoms with E-state index in [0.717, 1.165) is 5.56 Å². The zero-order chi connectivity index (χ0) is 17.5. The third-order valence-corrected chi connectivity index (χ3v) is 3.44. The number of hydrogen-bond donors (Lipinski definition) is 0. The fourth-order valence-electron chi connectivity index (χ4n) is 2.07. The van der Waals surface area contributed by atoms with Crippen molar-refractivity contribution >= 4 is 23.3 Å². The van der Waals surface area contributed by atoms with E-state index in [4.69, 9.17) is 21.2 Å². The molecule has 0 aromatic heterocycles. The number of ether oxygens (including phenoxy) is 1. The topological polar surface area (TPSA) is 47.9 Å². The van der Waals surface area contributed by atoms with Crippen LogP contribution < -0.4 is 4.84 Å². The Morgan fingerprint density at radius 1 is 1.21 bits per heavy atom. The number of nitrogens with zero attached hydrogens (tertiary/aromatic N) is 1. The summed E-state index contributed by atoms with van der Waals surface area (Å²) in [4.78, 5) is 17.0. The Hall–Kier alpha value is -2.40. The van der Waals surface area contributed by atoms with Crippen LogP contribution in [-0.2, 0) is 16.0 Å². The molecule has 0 bridgehead atoms. The molecule has 0 heterocycles. The van der Waals surface area contributed by atoms with Crippen molar-refractivity contribution in [2.24, 2.45) is 5.16 Å². The molecule has 2 rings (SSSR count). The molecule has 0 atom stereocenters. The molecule has 0 unspecified atom stereocenters. The van der Waals surface area contributed by atoms with Crippen molar-refractivity contribution in [3.8, 4) is 5.75 Å². The summed E-state index contributed by atoms with van der Waals surface area (Å²) in [7, 11) is 0. The van der Waals surface area contributed by atoms with E-state index >= 15 is 0 Å². The van der Waals surface area contributed by atoms with E-state index in [9.17, 15) is 9.18 Å². The van der Waals surface area contributed by atoms with Crippen LogP contribution in [0.5, 0.6) is 5.75 Å². The van der Waals surface area contributed by atoms with E-state index in [-0.39, 0.29) is 18.2 Å². The first kappa shape index (κ1) is 17.9. The first-order chi connectivity index (χ1) is 11.5. The maximum Gasteiger partial charge on any atom is 0.310 e. The van der Waals surface area contributed by atoms with Crippen LogP contribution in [0.4, 0.5) is 4.39 Å². The molecule has 0 spiro atoms. The first-order valence-electron chi connectivity index (χ1n) is 7.41. The smallest absolute Gasteiger partial charge is 0.310 e. The summed E-state index contributed by atoms with van der Waals surface area (Å²) in [5.41, 5.74) is 1.97. The standard InChI is InChI=1S/C18H17ClFNO3/c1-3-23-18(22)10-13-4-5-14(19)11-17(13)12(2)21-24-16-8-6-15(20)7-9-16/h4-9,11H,3,10H2,1-2H3/b21-12-. The highest BCUT2D eigenvalue weighted by Crippen LogP contribution is 2.19. The van der Waals surface area contributed by atoms with Gasteiger partial charge in [0.1, 0.15) is 5.82 Å². The van der Waals surface area contributed by atoms with Gasteiger partial charge in [-0.15, -0.1) is 0 Å². The Balaban J connectivity index is 2.21. The molecule has 0 radical (unpaired) electrons. The Bertz CT molecular complexity index is 744. The lowest BCUT2D eigenvalue weighted by atomic mass is 10.0. The number of benzene rings is 2. The van der Waals surface area contributed by atoms with Crippen molar-refractivity contribution < 1.29 is 18.8 Å². The van der Waals surface area contributed by atoms with E-state index in [2.05, 4.69) is 5.16 Å². The Morgan fingerprint density at radius 3 is 2.58 bits per heavy atom. The van der Waals surface area contributed by atoms with E-state index in [1.165, 1.54) is 24.3 Å². The molecule has 0 aliphatic rings. The molecule has 4 nitrogen and oxygen atoms in total. The van der Waals surface area contributed by atoms with Crippen LogP contribution in [0.3, 0.4) is 0 Å². The highest BCUT2D eigenvalue weighted by Gasteiger charge is 2.12. The maximum atomic E-state index is 12.9. The molecule has 0 aliphatic heterocycles. The van der Waals surface area contributed by atoms with Gasteiger partial charge in [-0.2, -0.15) is 0 Å². The van der Waals surface area contributed by atoms with Crippen LogP contribution in [0.25, 0.3) is 0 Å². The first-order valence-corrected chi connectivity index (χ1v) is 7.79. The van der Waals surface area contributed by atoms with E-state index in [0.29, 0.717) is 28.7 Å². The summed E-state index contributed by atoms with van der Waals surface area (Å²) in [6, 6.07) is 10.7. The summed E-state index contributed by atoms with van der Waals surface area (Å²) in [6.45, 7) is 3.82. The average molecular weight is 350 g/mol. The second-order valence-electron chi connectivity index (χ2n) is 5.01. The molecule has 6 heteroatoms. The molecule has 2 aromatic rings. The normalized spacial score (nSPS) is 11.2. The summed E-state index contributed by atoms with van der Waals surface area (Å²) in [6.07, 6.45) is 0.115. The van der Waals surface area contributed by atoms with Gasteiger partial charge in [-0.3, -0.25) is 4.79 Å². The minimum Gasteiger partial charge on any atom is -0.466 e. The van der Waals surface area contributed by atoms with Crippen molar-refractivity contribution in [2.45, 2.75) is 20.3 Å². The minimum atomic E-state index is -0.352. The van der Waals surface area contributed by atoms with Gasteiger partial charge in [0.15, 0.2) is 5.75 Å². The third kappa shape index (κ3) is 5.06. The minimum absolute atomic E-state index is 0.115. The van der Waals surface area contributed by atoms with E-state index < -0.39 is 0 Å². The predicted molar refractivity (Wildman–Crippen MR) is 91.0 cm³/mol. The number of rotatable bonds is 6. The highest BCUT2D eigenvalue weighted by molar-refractivity contribution is 6.31. The van der Waals surface area contributed by atoms with Crippen LogP contribution in [0.2, 0.25) is 5.02 Å². The van der Waals surface area contributed by atoms with Crippen LogP contribution >= 0.6 is 11.6 Å². The Morgan fingerprint density at radius 2 is 1.92 bits per heavy atom. The lowest BCUT2D eigenvalue weighted by molar-refractivity contribution is -0.142. The number of carbonyl (C=O) groups excluding carboxylic acids is 1. The van der Waals surface area contributed by atoms with Gasteiger partial charge in [-0.05, 0) is 55.8 Å². The van der Waals surface area contributed by atoms with Crippen LogP contribution in [0.15, 0.2) is 47.6 Å². The van der Waals surface area contributed by atoms with Gasteiger partial charge in [0, 0.05) is 10.6 Å². The molecule has 2 aromatic carbocycles. The van der Waals surface area contributed by atoms with Crippen LogP contribution in [0, 0.1) is 5.82 Å². The third-order valence-electron chi connectivity index (χ3n) is 3.20. The number of oxime groups is 1. The van der Waals surface area contributed by atoms with Gasteiger partial charge >= 0.3 is 5.97 Å². The summed E-state index contributed by atoms with van der Waals surface area (Å²) in [5.74, 6) is -0.271. The highest BCUT2D eigenvalue weighted by atomic mass is 35.5. The molecule has 0 aliphatic carbocycles. The second kappa shape index (κ2) is 8.45. The van der Waals surface area contributed by atoms with E-state index in [1.54, 1.807) is 32.0 Å². The van der Waals surface area contributed by atoms with Crippen LogP contribution in [0.1, 0.15) is 25.0 Å². The number of carbonyl (C=O) groups is 1. The number of hydrogen-bond acceptors (Lipinski definition) is 4. The van der Waals surface area contributed by atoms with Gasteiger partial charge in [-0.25, -0.2) is 4.39 Å². The molecule has 0 saturated carbocycles. The fourth-order valence-corrected chi connectivity index (χ4v) is 2.25. The summed E-state index contributed by atoms with van der Waals surface area (Å²) >= 11 is 6.04. The molecule has 0 fully saturated rings. The fraction of sp³-hybridized carbons (Fsp3) is 0.222. The second-order valence-corrected chi connectivity index (χ2v) is 5.44. The van der Waals surface area contributed by atoms with Crippen molar-refractivity contribution in [2.75, 3.05) is 6.61 Å². The van der Waals surface area contributed by atoms with Crippen LogP contribution in [-0.4, -0.2) is 18.3 Å². The molecular weight excluding hydrogens is 333 g/mol. The zero-order valence-corrected chi connectivity index (χ0v) is 14.1. The van der Waals surface area contributed by atoms with Crippen molar-refractivity contribution in [3.05, 3.63) is 64.4 Å². The lowest BCUT2D eigenvalue weighted by Gasteiger charge is -2.10. The Labute approximate surface area is 144 Å². The van der Waals surface area contributed by atoms with Crippen molar-refractivity contribution in [1.29, 1.82) is 0 Å². The van der Waals surface area contributed by atoms with E-state index in [1.807, 2.05) is 0 Å². The van der Waals surface area contributed by atoms with Crippen molar-refractivity contribution in [3.63, 3.8) is 0 Å². The number of esters is 1. The van der Waals surface area contributed by atoms with Gasteiger partial charge in [-0.1, -0.05) is 22.8 Å². The lowest BCUT2D eigenvalue weighted by Crippen LogP contribution is -2.11. The molecule has 0 amide bonds. The van der Waals surface area contributed by atoms with Gasteiger partial charge in [0.2, 0.25) is 0 Å². The summed E-state index contributed by atoms with van der Waals surface area (Å²) in [5, 5.41) is 4.55. The summed E-state index contributed by atoms with van der Waals surface area (Å²) < 4.78 is 17.9. The zero-order valence-electron chi connectivity index (χ0n) is 13.4. The molecule has 126 valence electrons. The van der Waals surface area contributed by atoms with Gasteiger partial charge in [0.25, 0.3) is 0 Å². The Kier molecular flexibility index (Phi) is 6.32. The average Bonchev–Trinajstić information content (AvgIpc) is 2.56. The monoisotopic (exact) mass is 349 g/mol. The maximum absolute atomic E-state index is 12.9. The molecular formula is C18H17ClFNO3. The molecule has 24 heavy (non-hydrogen) atoms. The number of halogens is 2.